The van der Waals surface area contributed by atoms with Crippen molar-refractivity contribution in [3.8, 4) is 0 Å². The standard InChI is InChI=1S/C16H32N2O/c1-12(2)8-9-14(16(3,4)5)18-15(19)13-7-6-10-17-11-13/h12-14,17H,6-11H2,1-5H3,(H,18,19). The highest BCUT2D eigenvalue weighted by atomic mass is 16.2. The lowest BCUT2D eigenvalue weighted by Gasteiger charge is -2.34. The highest BCUT2D eigenvalue weighted by Gasteiger charge is 2.29. The average Bonchev–Trinajstić information content (AvgIpc) is 2.33. The van der Waals surface area contributed by atoms with Gasteiger partial charge in [-0.1, -0.05) is 34.6 Å². The summed E-state index contributed by atoms with van der Waals surface area (Å²) in [6.07, 6.45) is 4.39. The van der Waals surface area contributed by atoms with Crippen molar-refractivity contribution in [1.29, 1.82) is 0 Å². The molecule has 0 aromatic rings. The van der Waals surface area contributed by atoms with Gasteiger partial charge in [0, 0.05) is 12.6 Å². The molecule has 1 heterocycles. The molecule has 2 N–H and O–H groups in total. The van der Waals surface area contributed by atoms with Gasteiger partial charge in [0.05, 0.1) is 5.92 Å². The van der Waals surface area contributed by atoms with E-state index in [0.29, 0.717) is 5.92 Å². The zero-order valence-corrected chi connectivity index (χ0v) is 13.4. The van der Waals surface area contributed by atoms with E-state index in [-0.39, 0.29) is 23.3 Å². The number of rotatable bonds is 5. The van der Waals surface area contributed by atoms with Crippen molar-refractivity contribution in [3.63, 3.8) is 0 Å². The minimum absolute atomic E-state index is 0.132. The Labute approximate surface area is 118 Å². The van der Waals surface area contributed by atoms with Crippen molar-refractivity contribution in [2.75, 3.05) is 13.1 Å². The Bertz CT molecular complexity index is 275. The molecule has 112 valence electrons. The van der Waals surface area contributed by atoms with Gasteiger partial charge >= 0.3 is 0 Å². The Morgan fingerprint density at radius 2 is 2.00 bits per heavy atom. The molecule has 3 heteroatoms. The van der Waals surface area contributed by atoms with Crippen LogP contribution in [0.1, 0.15) is 60.3 Å². The van der Waals surface area contributed by atoms with Gasteiger partial charge in [-0.25, -0.2) is 0 Å². The molecule has 1 fully saturated rings. The lowest BCUT2D eigenvalue weighted by atomic mass is 9.82. The summed E-state index contributed by atoms with van der Waals surface area (Å²) in [5.74, 6) is 1.10. The van der Waals surface area contributed by atoms with Crippen molar-refractivity contribution in [3.05, 3.63) is 0 Å². The molecule has 0 aliphatic carbocycles. The molecular formula is C16H32N2O. The van der Waals surface area contributed by atoms with Crippen LogP contribution in [0.25, 0.3) is 0 Å². The molecule has 3 nitrogen and oxygen atoms in total. The number of piperidine rings is 1. The van der Waals surface area contributed by atoms with E-state index < -0.39 is 0 Å². The van der Waals surface area contributed by atoms with Crippen molar-refractivity contribution in [2.24, 2.45) is 17.3 Å². The third-order valence-corrected chi connectivity index (χ3v) is 4.06. The minimum Gasteiger partial charge on any atom is -0.353 e. The smallest absolute Gasteiger partial charge is 0.224 e. The number of hydrogen-bond acceptors (Lipinski definition) is 2. The Morgan fingerprint density at radius 3 is 2.47 bits per heavy atom. The van der Waals surface area contributed by atoms with E-state index in [2.05, 4.69) is 45.3 Å². The van der Waals surface area contributed by atoms with E-state index in [4.69, 9.17) is 0 Å². The second kappa shape index (κ2) is 7.28. The van der Waals surface area contributed by atoms with E-state index in [1.165, 1.54) is 6.42 Å². The molecule has 1 saturated heterocycles. The SMILES string of the molecule is CC(C)CCC(NC(=O)C1CCCNC1)C(C)(C)C. The summed E-state index contributed by atoms with van der Waals surface area (Å²) in [7, 11) is 0. The largest absolute Gasteiger partial charge is 0.353 e. The lowest BCUT2D eigenvalue weighted by Crippen LogP contribution is -2.49. The first-order chi connectivity index (χ1) is 8.80. The molecule has 1 amide bonds. The van der Waals surface area contributed by atoms with E-state index >= 15 is 0 Å². The molecule has 0 bridgehead atoms. The van der Waals surface area contributed by atoms with Crippen LogP contribution >= 0.6 is 0 Å². The third-order valence-electron chi connectivity index (χ3n) is 4.06. The topological polar surface area (TPSA) is 41.1 Å². The second-order valence-corrected chi connectivity index (χ2v) is 7.44. The van der Waals surface area contributed by atoms with Crippen LogP contribution in [0.3, 0.4) is 0 Å². The monoisotopic (exact) mass is 268 g/mol. The van der Waals surface area contributed by atoms with Crippen LogP contribution in [0, 0.1) is 17.3 Å². The van der Waals surface area contributed by atoms with Crippen LogP contribution in [0.2, 0.25) is 0 Å². The van der Waals surface area contributed by atoms with Gasteiger partial charge in [0.2, 0.25) is 5.91 Å². The maximum absolute atomic E-state index is 12.3. The highest BCUT2D eigenvalue weighted by Crippen LogP contribution is 2.25. The van der Waals surface area contributed by atoms with Crippen LogP contribution in [-0.2, 0) is 4.79 Å². The van der Waals surface area contributed by atoms with Gasteiger partial charge in [0.1, 0.15) is 0 Å². The summed E-state index contributed by atoms with van der Waals surface area (Å²) in [5.41, 5.74) is 0.132. The molecule has 0 aromatic carbocycles. The molecule has 0 saturated carbocycles. The maximum atomic E-state index is 12.3. The van der Waals surface area contributed by atoms with Gasteiger partial charge in [-0.15, -0.1) is 0 Å². The average molecular weight is 268 g/mol. The fourth-order valence-electron chi connectivity index (χ4n) is 2.59. The molecule has 2 unspecified atom stereocenters. The number of hydrogen-bond donors (Lipinski definition) is 2. The summed E-state index contributed by atoms with van der Waals surface area (Å²) in [6, 6.07) is 0.282. The van der Waals surface area contributed by atoms with Gasteiger partial charge in [-0.2, -0.15) is 0 Å². The Morgan fingerprint density at radius 1 is 1.32 bits per heavy atom. The van der Waals surface area contributed by atoms with Crippen molar-refractivity contribution in [1.82, 2.24) is 10.6 Å². The van der Waals surface area contributed by atoms with Gasteiger partial charge in [0.25, 0.3) is 0 Å². The van der Waals surface area contributed by atoms with Crippen molar-refractivity contribution < 1.29 is 4.79 Å². The summed E-state index contributed by atoms with van der Waals surface area (Å²) in [6.45, 7) is 13.0. The third kappa shape index (κ3) is 5.94. The molecular weight excluding hydrogens is 236 g/mol. The predicted molar refractivity (Wildman–Crippen MR) is 81.1 cm³/mol. The Balaban J connectivity index is 2.53. The molecule has 0 spiro atoms. The number of amides is 1. The van der Waals surface area contributed by atoms with Gasteiger partial charge in [-0.05, 0) is 43.6 Å². The first kappa shape index (κ1) is 16.5. The van der Waals surface area contributed by atoms with Crippen LogP contribution < -0.4 is 10.6 Å². The normalized spacial score (nSPS) is 22.3. The number of carbonyl (C=O) groups excluding carboxylic acids is 1. The number of nitrogens with one attached hydrogen (secondary N) is 2. The van der Waals surface area contributed by atoms with Gasteiger partial charge < -0.3 is 10.6 Å². The Hall–Kier alpha value is -0.570. The van der Waals surface area contributed by atoms with E-state index in [1.54, 1.807) is 0 Å². The predicted octanol–water partition coefficient (Wildman–Crippen LogP) is 2.95. The summed E-state index contributed by atoms with van der Waals surface area (Å²) in [5, 5.41) is 6.62. The van der Waals surface area contributed by atoms with Crippen molar-refractivity contribution >= 4 is 5.91 Å². The molecule has 0 radical (unpaired) electrons. The quantitative estimate of drug-likeness (QED) is 0.805. The van der Waals surface area contributed by atoms with Crippen LogP contribution in [0.5, 0.6) is 0 Å². The first-order valence-electron chi connectivity index (χ1n) is 7.81. The zero-order chi connectivity index (χ0) is 14.5. The minimum atomic E-state index is 0.132. The van der Waals surface area contributed by atoms with E-state index in [1.807, 2.05) is 0 Å². The van der Waals surface area contributed by atoms with Crippen molar-refractivity contribution in [2.45, 2.75) is 66.3 Å². The Kier molecular flexibility index (Phi) is 6.31. The van der Waals surface area contributed by atoms with Gasteiger partial charge in [-0.3, -0.25) is 4.79 Å². The first-order valence-corrected chi connectivity index (χ1v) is 7.81. The van der Waals surface area contributed by atoms with Crippen LogP contribution in [0.15, 0.2) is 0 Å². The molecule has 1 aliphatic heterocycles. The summed E-state index contributed by atoms with van der Waals surface area (Å²) >= 11 is 0. The molecule has 1 aliphatic rings. The summed E-state index contributed by atoms with van der Waals surface area (Å²) in [4.78, 5) is 12.3. The maximum Gasteiger partial charge on any atom is 0.224 e. The fraction of sp³-hybridized carbons (Fsp3) is 0.938. The fourth-order valence-corrected chi connectivity index (χ4v) is 2.59. The molecule has 19 heavy (non-hydrogen) atoms. The zero-order valence-electron chi connectivity index (χ0n) is 13.4. The highest BCUT2D eigenvalue weighted by molar-refractivity contribution is 5.79. The van der Waals surface area contributed by atoms with Crippen LogP contribution in [-0.4, -0.2) is 25.0 Å². The van der Waals surface area contributed by atoms with E-state index in [0.717, 1.165) is 32.4 Å². The lowest BCUT2D eigenvalue weighted by molar-refractivity contribution is -0.127. The van der Waals surface area contributed by atoms with Crippen LogP contribution in [0.4, 0.5) is 0 Å². The molecule has 1 rings (SSSR count). The molecule has 2 atom stereocenters. The van der Waals surface area contributed by atoms with E-state index in [9.17, 15) is 4.79 Å². The second-order valence-electron chi connectivity index (χ2n) is 7.44. The molecule has 0 aromatic heterocycles. The van der Waals surface area contributed by atoms with Gasteiger partial charge in [0.15, 0.2) is 0 Å². The summed E-state index contributed by atoms with van der Waals surface area (Å²) < 4.78 is 0. The number of carbonyl (C=O) groups is 1.